The Kier molecular flexibility index (Phi) is 3.05. The molecule has 3 rings (SSSR count). The molecule has 19 heavy (non-hydrogen) atoms. The molecular weight excluding hydrogens is 241 g/mol. The maximum absolute atomic E-state index is 13.3. The van der Waals surface area contributed by atoms with Gasteiger partial charge in [-0.3, -0.25) is 0 Å². The highest BCUT2D eigenvalue weighted by Gasteiger charge is 2.34. The normalized spacial score (nSPS) is 17.6. The average Bonchev–Trinajstić information content (AvgIpc) is 2.65. The van der Waals surface area contributed by atoms with Gasteiger partial charge in [0.25, 0.3) is 0 Å². The minimum atomic E-state index is -0.230. The summed E-state index contributed by atoms with van der Waals surface area (Å²) in [7, 11) is 0. The fourth-order valence-electron chi connectivity index (χ4n) is 2.88. The van der Waals surface area contributed by atoms with Crippen LogP contribution >= 0.6 is 0 Å². The summed E-state index contributed by atoms with van der Waals surface area (Å²) in [4.78, 5) is 4.60. The van der Waals surface area contributed by atoms with E-state index in [1.165, 1.54) is 18.6 Å². The Morgan fingerprint density at radius 1 is 1.42 bits per heavy atom. The van der Waals surface area contributed by atoms with Crippen molar-refractivity contribution < 1.29 is 4.39 Å². The van der Waals surface area contributed by atoms with E-state index in [0.717, 1.165) is 49.1 Å². The van der Waals surface area contributed by atoms with Crippen molar-refractivity contribution in [2.24, 2.45) is 5.73 Å². The maximum Gasteiger partial charge on any atom is 0.125 e. The lowest BCUT2D eigenvalue weighted by molar-refractivity contribution is 0.241. The molecule has 1 aliphatic rings. The third kappa shape index (κ3) is 2.25. The molecule has 3 nitrogen and oxygen atoms in total. The first-order chi connectivity index (χ1) is 9.11. The van der Waals surface area contributed by atoms with Gasteiger partial charge in [0.05, 0.1) is 11.0 Å². The van der Waals surface area contributed by atoms with E-state index < -0.39 is 0 Å². The monoisotopic (exact) mass is 261 g/mol. The Morgan fingerprint density at radius 2 is 2.21 bits per heavy atom. The Labute approximate surface area is 112 Å². The Morgan fingerprint density at radius 3 is 2.84 bits per heavy atom. The molecule has 0 amide bonds. The molecule has 2 N–H and O–H groups in total. The predicted octanol–water partition coefficient (Wildman–Crippen LogP) is 3.01. The second kappa shape index (κ2) is 4.60. The van der Waals surface area contributed by atoms with E-state index in [1.807, 2.05) is 6.07 Å². The molecule has 1 aromatic heterocycles. The Hall–Kier alpha value is -1.42. The van der Waals surface area contributed by atoms with Gasteiger partial charge >= 0.3 is 0 Å². The second-order valence-corrected chi connectivity index (χ2v) is 5.71. The SMILES string of the molecule is CCCn1c(CC2(N)CCC2)nc2cc(F)ccc21. The van der Waals surface area contributed by atoms with Crippen LogP contribution in [0.5, 0.6) is 0 Å². The summed E-state index contributed by atoms with van der Waals surface area (Å²) < 4.78 is 15.5. The number of aromatic nitrogens is 2. The molecule has 0 radical (unpaired) electrons. The Bertz CT molecular complexity index is 599. The zero-order chi connectivity index (χ0) is 13.5. The number of hydrogen-bond acceptors (Lipinski definition) is 2. The first-order valence-electron chi connectivity index (χ1n) is 7.05. The van der Waals surface area contributed by atoms with Gasteiger partial charge in [0.15, 0.2) is 0 Å². The lowest BCUT2D eigenvalue weighted by Gasteiger charge is -2.37. The first kappa shape index (κ1) is 12.6. The van der Waals surface area contributed by atoms with Crippen molar-refractivity contribution in [1.29, 1.82) is 0 Å². The average molecular weight is 261 g/mol. The fraction of sp³-hybridized carbons (Fsp3) is 0.533. The van der Waals surface area contributed by atoms with Crippen molar-refractivity contribution in [3.8, 4) is 0 Å². The van der Waals surface area contributed by atoms with Gasteiger partial charge in [0.1, 0.15) is 11.6 Å². The van der Waals surface area contributed by atoms with Gasteiger partial charge in [-0.05, 0) is 37.8 Å². The molecule has 2 aromatic rings. The largest absolute Gasteiger partial charge is 0.328 e. The van der Waals surface area contributed by atoms with Gasteiger partial charge in [-0.1, -0.05) is 6.92 Å². The molecule has 1 fully saturated rings. The molecule has 0 aliphatic heterocycles. The molecule has 4 heteroatoms. The van der Waals surface area contributed by atoms with Gasteiger partial charge in [0, 0.05) is 24.6 Å². The molecule has 0 spiro atoms. The molecule has 1 aliphatic carbocycles. The second-order valence-electron chi connectivity index (χ2n) is 5.71. The number of imidazole rings is 1. The van der Waals surface area contributed by atoms with Crippen LogP contribution in [0, 0.1) is 5.82 Å². The molecular formula is C15H20FN3. The van der Waals surface area contributed by atoms with Gasteiger partial charge in [0.2, 0.25) is 0 Å². The van der Waals surface area contributed by atoms with E-state index in [1.54, 1.807) is 0 Å². The summed E-state index contributed by atoms with van der Waals surface area (Å²) in [6.07, 6.45) is 5.17. The van der Waals surface area contributed by atoms with Gasteiger partial charge in [-0.15, -0.1) is 0 Å². The van der Waals surface area contributed by atoms with E-state index >= 15 is 0 Å². The third-order valence-electron chi connectivity index (χ3n) is 4.10. The summed E-state index contributed by atoms with van der Waals surface area (Å²) >= 11 is 0. The van der Waals surface area contributed by atoms with Crippen molar-refractivity contribution >= 4 is 11.0 Å². The summed E-state index contributed by atoms with van der Waals surface area (Å²) in [5, 5.41) is 0. The number of nitrogens with two attached hydrogens (primary N) is 1. The zero-order valence-corrected chi connectivity index (χ0v) is 11.3. The van der Waals surface area contributed by atoms with Crippen LogP contribution in [0.15, 0.2) is 18.2 Å². The van der Waals surface area contributed by atoms with Crippen LogP contribution < -0.4 is 5.73 Å². The van der Waals surface area contributed by atoms with E-state index in [2.05, 4.69) is 16.5 Å². The van der Waals surface area contributed by atoms with Gasteiger partial charge < -0.3 is 10.3 Å². The molecule has 1 saturated carbocycles. The lowest BCUT2D eigenvalue weighted by atomic mass is 9.75. The first-order valence-corrected chi connectivity index (χ1v) is 7.05. The summed E-state index contributed by atoms with van der Waals surface area (Å²) in [6, 6.07) is 4.83. The molecule has 102 valence electrons. The highest BCUT2D eigenvalue weighted by atomic mass is 19.1. The lowest BCUT2D eigenvalue weighted by Crippen LogP contribution is -2.48. The third-order valence-corrected chi connectivity index (χ3v) is 4.10. The number of aryl methyl sites for hydroxylation is 1. The van der Waals surface area contributed by atoms with Crippen molar-refractivity contribution in [1.82, 2.24) is 9.55 Å². The topological polar surface area (TPSA) is 43.8 Å². The van der Waals surface area contributed by atoms with Crippen LogP contribution in [0.1, 0.15) is 38.4 Å². The van der Waals surface area contributed by atoms with Crippen LogP contribution in [0.2, 0.25) is 0 Å². The molecule has 0 bridgehead atoms. The predicted molar refractivity (Wildman–Crippen MR) is 74.5 cm³/mol. The van der Waals surface area contributed by atoms with Crippen molar-refractivity contribution in [2.45, 2.75) is 51.1 Å². The Balaban J connectivity index is 2.03. The maximum atomic E-state index is 13.3. The minimum Gasteiger partial charge on any atom is -0.328 e. The van der Waals surface area contributed by atoms with Crippen molar-refractivity contribution in [3.63, 3.8) is 0 Å². The zero-order valence-electron chi connectivity index (χ0n) is 11.3. The quantitative estimate of drug-likeness (QED) is 0.919. The van der Waals surface area contributed by atoms with E-state index in [9.17, 15) is 4.39 Å². The van der Waals surface area contributed by atoms with Crippen LogP contribution in [0.25, 0.3) is 11.0 Å². The number of halogens is 1. The number of fused-ring (bicyclic) bond motifs is 1. The minimum absolute atomic E-state index is 0.0919. The molecule has 1 heterocycles. The summed E-state index contributed by atoms with van der Waals surface area (Å²) in [6.45, 7) is 3.05. The van der Waals surface area contributed by atoms with E-state index in [0.29, 0.717) is 0 Å². The van der Waals surface area contributed by atoms with Gasteiger partial charge in [-0.25, -0.2) is 9.37 Å². The highest BCUT2D eigenvalue weighted by molar-refractivity contribution is 5.76. The summed E-state index contributed by atoms with van der Waals surface area (Å²) in [5.41, 5.74) is 7.99. The smallest absolute Gasteiger partial charge is 0.125 e. The van der Waals surface area contributed by atoms with E-state index in [4.69, 9.17) is 5.73 Å². The van der Waals surface area contributed by atoms with Crippen LogP contribution in [0.4, 0.5) is 4.39 Å². The van der Waals surface area contributed by atoms with Crippen LogP contribution in [-0.2, 0) is 13.0 Å². The van der Waals surface area contributed by atoms with Crippen LogP contribution in [0.3, 0.4) is 0 Å². The van der Waals surface area contributed by atoms with Crippen molar-refractivity contribution in [3.05, 3.63) is 29.8 Å². The standard InChI is InChI=1S/C15H20FN3/c1-2-8-19-13-5-4-11(16)9-12(13)18-14(19)10-15(17)6-3-7-15/h4-5,9H,2-3,6-8,10,17H2,1H3. The number of benzene rings is 1. The van der Waals surface area contributed by atoms with Crippen LogP contribution in [-0.4, -0.2) is 15.1 Å². The summed E-state index contributed by atoms with van der Waals surface area (Å²) in [5.74, 6) is 0.774. The molecule has 1 aromatic carbocycles. The molecule has 0 saturated heterocycles. The fourth-order valence-corrected chi connectivity index (χ4v) is 2.88. The van der Waals surface area contributed by atoms with Gasteiger partial charge in [-0.2, -0.15) is 0 Å². The van der Waals surface area contributed by atoms with Crippen molar-refractivity contribution in [2.75, 3.05) is 0 Å². The highest BCUT2D eigenvalue weighted by Crippen LogP contribution is 2.33. The molecule has 0 unspecified atom stereocenters. The number of hydrogen-bond donors (Lipinski definition) is 1. The molecule has 0 atom stereocenters. The van der Waals surface area contributed by atoms with E-state index in [-0.39, 0.29) is 11.4 Å². The number of rotatable bonds is 4. The number of nitrogens with zero attached hydrogens (tertiary/aromatic N) is 2.